The van der Waals surface area contributed by atoms with Gasteiger partial charge in [-0.05, 0) is 19.9 Å². The molecule has 21 heavy (non-hydrogen) atoms. The van der Waals surface area contributed by atoms with E-state index in [1.165, 1.54) is 77.0 Å². The largest absolute Gasteiger partial charge is 0.694 e. The van der Waals surface area contributed by atoms with E-state index in [-0.39, 0.29) is 0 Å². The van der Waals surface area contributed by atoms with Gasteiger partial charge in [0.25, 0.3) is 0 Å². The molecule has 0 radical (unpaired) electrons. The zero-order chi connectivity index (χ0) is 16.2. The fourth-order valence-electron chi connectivity index (χ4n) is 2.10. The van der Waals surface area contributed by atoms with E-state index in [0.717, 1.165) is 6.54 Å². The van der Waals surface area contributed by atoms with Crippen molar-refractivity contribution in [2.24, 2.45) is 5.73 Å². The highest BCUT2D eigenvalue weighted by Gasteiger charge is 2.06. The first-order valence-electron chi connectivity index (χ1n) is 8.68. The Morgan fingerprint density at radius 1 is 0.810 bits per heavy atom. The molecule has 0 fully saturated rings. The molecule has 0 aliphatic carbocycles. The molecule has 0 amide bonds. The van der Waals surface area contributed by atoms with Crippen molar-refractivity contribution in [2.45, 2.75) is 90.9 Å². The van der Waals surface area contributed by atoms with Gasteiger partial charge in [-0.3, -0.25) is 0 Å². The van der Waals surface area contributed by atoms with Gasteiger partial charge < -0.3 is 5.73 Å². The predicted octanol–water partition coefficient (Wildman–Crippen LogP) is 5.32. The molecule has 3 N–H and O–H groups in total. The lowest BCUT2D eigenvalue weighted by atomic mass is 10.1. The second-order valence-corrected chi connectivity index (χ2v) is 6.07. The van der Waals surface area contributed by atoms with Crippen molar-refractivity contribution in [3.8, 4) is 0 Å². The summed E-state index contributed by atoms with van der Waals surface area (Å²) in [6, 6.07) is 0. The van der Waals surface area contributed by atoms with Gasteiger partial charge in [-0.1, -0.05) is 77.6 Å². The number of hydrogen-bond acceptors (Lipinski definition) is 3. The van der Waals surface area contributed by atoms with Crippen molar-refractivity contribution in [1.29, 1.82) is 0 Å². The average molecular weight is 322 g/mol. The SMILES string of the molecule is CCCCCCCCCCCCCCN.CCO[P+](=O)O. The second-order valence-electron chi connectivity index (χ2n) is 5.33. The van der Waals surface area contributed by atoms with Gasteiger partial charge in [-0.15, -0.1) is 9.42 Å². The molecule has 0 aromatic carbocycles. The molecule has 0 aromatic rings. The highest BCUT2D eigenvalue weighted by atomic mass is 31.1. The Bertz CT molecular complexity index is 192. The van der Waals surface area contributed by atoms with Crippen LogP contribution in [0.1, 0.15) is 90.9 Å². The Hall–Kier alpha value is -0.0200. The molecule has 0 saturated heterocycles. The minimum atomic E-state index is -2.35. The third-order valence-corrected chi connectivity index (χ3v) is 3.78. The number of rotatable bonds is 14. The lowest BCUT2D eigenvalue weighted by molar-refractivity contribution is 0.297. The van der Waals surface area contributed by atoms with E-state index >= 15 is 0 Å². The van der Waals surface area contributed by atoms with Crippen molar-refractivity contribution in [3.05, 3.63) is 0 Å². The van der Waals surface area contributed by atoms with Crippen LogP contribution in [0.15, 0.2) is 0 Å². The van der Waals surface area contributed by atoms with E-state index in [2.05, 4.69) is 11.4 Å². The lowest BCUT2D eigenvalue weighted by Crippen LogP contribution is -1.97. The van der Waals surface area contributed by atoms with Crippen molar-refractivity contribution in [1.82, 2.24) is 0 Å². The summed E-state index contributed by atoms with van der Waals surface area (Å²) in [5, 5.41) is 0. The molecule has 0 rings (SSSR count). The first kappa shape index (κ1) is 23.2. The molecule has 0 aliphatic rings. The van der Waals surface area contributed by atoms with E-state index in [0.29, 0.717) is 6.61 Å². The van der Waals surface area contributed by atoms with Crippen LogP contribution in [0.2, 0.25) is 0 Å². The third kappa shape index (κ3) is 28.8. The summed E-state index contributed by atoms with van der Waals surface area (Å²) >= 11 is 0. The maximum atomic E-state index is 9.53. The quantitative estimate of drug-likeness (QED) is 0.335. The molecule has 0 spiro atoms. The van der Waals surface area contributed by atoms with Crippen LogP contribution in [0.3, 0.4) is 0 Å². The maximum absolute atomic E-state index is 9.53. The normalized spacial score (nSPS) is 11.0. The zero-order valence-electron chi connectivity index (χ0n) is 14.2. The molecule has 0 bridgehead atoms. The van der Waals surface area contributed by atoms with Crippen LogP contribution in [0, 0.1) is 0 Å². The topological polar surface area (TPSA) is 72.5 Å². The Balaban J connectivity index is 0. The molecule has 1 unspecified atom stereocenters. The fourth-order valence-corrected chi connectivity index (χ4v) is 2.32. The van der Waals surface area contributed by atoms with Gasteiger partial charge in [-0.25, -0.2) is 0 Å². The molecular weight excluding hydrogens is 285 g/mol. The van der Waals surface area contributed by atoms with Gasteiger partial charge in [-0.2, -0.15) is 0 Å². The fraction of sp³-hybridized carbons (Fsp3) is 1.00. The smallest absolute Gasteiger partial charge is 0.330 e. The van der Waals surface area contributed by atoms with Gasteiger partial charge >= 0.3 is 8.25 Å². The molecule has 0 aliphatic heterocycles. The molecular formula is C16H37NO3P+. The number of unbranched alkanes of at least 4 members (excludes halogenated alkanes) is 11. The summed E-state index contributed by atoms with van der Waals surface area (Å²) in [7, 11) is -2.35. The van der Waals surface area contributed by atoms with Gasteiger partial charge in [0.1, 0.15) is 6.61 Å². The molecule has 4 nitrogen and oxygen atoms in total. The zero-order valence-corrected chi connectivity index (χ0v) is 15.1. The molecule has 5 heteroatoms. The molecule has 0 saturated carbocycles. The standard InChI is InChI=1S/C14H31N.C2H5O3P/c1-2-3-4-5-6-7-8-9-10-11-12-13-14-15;1-2-5-6(3)4/h2-15H2,1H3;2H2,1H3/p+1. The summed E-state index contributed by atoms with van der Waals surface area (Å²) in [6.07, 6.45) is 16.9. The highest BCUT2D eigenvalue weighted by Crippen LogP contribution is 2.12. The van der Waals surface area contributed by atoms with E-state index in [1.807, 2.05) is 0 Å². The van der Waals surface area contributed by atoms with Crippen LogP contribution < -0.4 is 5.73 Å². The lowest BCUT2D eigenvalue weighted by Gasteiger charge is -2.01. The van der Waals surface area contributed by atoms with Crippen LogP contribution in [0.5, 0.6) is 0 Å². The van der Waals surface area contributed by atoms with Crippen LogP contribution in [0.25, 0.3) is 0 Å². The van der Waals surface area contributed by atoms with Crippen LogP contribution in [-0.4, -0.2) is 18.0 Å². The minimum absolute atomic E-state index is 0.297. The minimum Gasteiger partial charge on any atom is -0.330 e. The van der Waals surface area contributed by atoms with E-state index in [9.17, 15) is 4.57 Å². The summed E-state index contributed by atoms with van der Waals surface area (Å²) < 4.78 is 13.6. The summed E-state index contributed by atoms with van der Waals surface area (Å²) in [5.74, 6) is 0. The summed E-state index contributed by atoms with van der Waals surface area (Å²) in [6.45, 7) is 5.11. The Kier molecular flexibility index (Phi) is 24.6. The first-order chi connectivity index (χ1) is 10.2. The van der Waals surface area contributed by atoms with Crippen LogP contribution >= 0.6 is 8.25 Å². The van der Waals surface area contributed by atoms with Crippen LogP contribution in [-0.2, 0) is 9.09 Å². The van der Waals surface area contributed by atoms with Gasteiger partial charge in [0, 0.05) is 4.57 Å². The van der Waals surface area contributed by atoms with E-state index in [1.54, 1.807) is 6.92 Å². The molecule has 128 valence electrons. The third-order valence-electron chi connectivity index (χ3n) is 3.30. The Morgan fingerprint density at radius 2 is 1.19 bits per heavy atom. The van der Waals surface area contributed by atoms with Crippen molar-refractivity contribution < 1.29 is 14.0 Å². The average Bonchev–Trinajstić information content (AvgIpc) is 2.45. The van der Waals surface area contributed by atoms with Crippen LogP contribution in [0.4, 0.5) is 0 Å². The highest BCUT2D eigenvalue weighted by molar-refractivity contribution is 7.32. The van der Waals surface area contributed by atoms with E-state index < -0.39 is 8.25 Å². The van der Waals surface area contributed by atoms with Crippen molar-refractivity contribution in [3.63, 3.8) is 0 Å². The summed E-state index contributed by atoms with van der Waals surface area (Å²) in [5.41, 5.74) is 5.45. The number of nitrogens with two attached hydrogens (primary N) is 1. The van der Waals surface area contributed by atoms with Gasteiger partial charge in [0.2, 0.25) is 0 Å². The predicted molar refractivity (Wildman–Crippen MR) is 91.6 cm³/mol. The molecule has 0 aromatic heterocycles. The van der Waals surface area contributed by atoms with E-state index in [4.69, 9.17) is 10.6 Å². The van der Waals surface area contributed by atoms with Crippen molar-refractivity contribution in [2.75, 3.05) is 13.2 Å². The van der Waals surface area contributed by atoms with Crippen molar-refractivity contribution >= 4 is 8.25 Å². The maximum Gasteiger partial charge on any atom is 0.694 e. The monoisotopic (exact) mass is 322 g/mol. The Labute approximate surface area is 132 Å². The first-order valence-corrected chi connectivity index (χ1v) is 9.81. The summed E-state index contributed by atoms with van der Waals surface area (Å²) in [4.78, 5) is 7.84. The van der Waals surface area contributed by atoms with Gasteiger partial charge in [0.05, 0.1) is 0 Å². The second kappa shape index (κ2) is 22.3. The van der Waals surface area contributed by atoms with Gasteiger partial charge in [0.15, 0.2) is 0 Å². The molecule has 1 atom stereocenters. The molecule has 0 heterocycles. The Morgan fingerprint density at radius 3 is 1.43 bits per heavy atom. The number of hydrogen-bond donors (Lipinski definition) is 2.